The summed E-state index contributed by atoms with van der Waals surface area (Å²) in [5.74, 6) is 3.31. The summed E-state index contributed by atoms with van der Waals surface area (Å²) < 4.78 is 14.1. The SMILES string of the molecule is Cc1ccc(OCc2nc3ccc(Oc4ccc(Cc5ccccc5)cc4)cc3n2C)cc1. The fourth-order valence-electron chi connectivity index (χ4n) is 3.84. The standard InChI is InChI=1S/C29H26N2O2/c1-21-8-12-24(13-9-21)32-20-29-30-27-17-16-26(19-28(27)31(29)2)33-25-14-10-23(11-15-25)18-22-6-4-3-5-7-22/h3-17,19H,18,20H2,1-2H3. The summed E-state index contributed by atoms with van der Waals surface area (Å²) in [6, 6.07) is 32.8. The first-order valence-corrected chi connectivity index (χ1v) is 11.1. The van der Waals surface area contributed by atoms with Crippen LogP contribution in [-0.2, 0) is 20.1 Å². The van der Waals surface area contributed by atoms with Gasteiger partial charge in [0.05, 0.1) is 11.0 Å². The summed E-state index contributed by atoms with van der Waals surface area (Å²) in [6.45, 7) is 2.47. The average Bonchev–Trinajstić information content (AvgIpc) is 3.16. The van der Waals surface area contributed by atoms with Gasteiger partial charge in [0.25, 0.3) is 0 Å². The molecule has 0 atom stereocenters. The van der Waals surface area contributed by atoms with Crippen molar-refractivity contribution in [2.45, 2.75) is 20.0 Å². The number of hydrogen-bond donors (Lipinski definition) is 0. The van der Waals surface area contributed by atoms with Crippen LogP contribution in [0, 0.1) is 6.92 Å². The number of aryl methyl sites for hydroxylation is 2. The second-order valence-electron chi connectivity index (χ2n) is 8.25. The van der Waals surface area contributed by atoms with Gasteiger partial charge in [0.2, 0.25) is 0 Å². The summed E-state index contributed by atoms with van der Waals surface area (Å²) in [6.07, 6.45) is 0.912. The van der Waals surface area contributed by atoms with E-state index in [1.807, 2.05) is 67.7 Å². The van der Waals surface area contributed by atoms with Gasteiger partial charge in [-0.05, 0) is 60.9 Å². The van der Waals surface area contributed by atoms with Crippen molar-refractivity contribution in [2.24, 2.45) is 7.05 Å². The van der Waals surface area contributed by atoms with Crippen molar-refractivity contribution >= 4 is 11.0 Å². The minimum Gasteiger partial charge on any atom is -0.486 e. The molecule has 0 aliphatic heterocycles. The van der Waals surface area contributed by atoms with Crippen LogP contribution in [-0.4, -0.2) is 9.55 Å². The normalized spacial score (nSPS) is 11.0. The first kappa shape index (κ1) is 20.8. The van der Waals surface area contributed by atoms with Crippen molar-refractivity contribution in [2.75, 3.05) is 0 Å². The van der Waals surface area contributed by atoms with E-state index in [2.05, 4.69) is 47.9 Å². The number of benzene rings is 4. The van der Waals surface area contributed by atoms with E-state index in [0.29, 0.717) is 6.61 Å². The summed E-state index contributed by atoms with van der Waals surface area (Å²) >= 11 is 0. The fourth-order valence-corrected chi connectivity index (χ4v) is 3.84. The molecule has 0 fully saturated rings. The minimum absolute atomic E-state index is 0.410. The van der Waals surface area contributed by atoms with Crippen LogP contribution in [0.15, 0.2) is 97.1 Å². The van der Waals surface area contributed by atoms with Crippen molar-refractivity contribution in [3.63, 3.8) is 0 Å². The van der Waals surface area contributed by atoms with Crippen LogP contribution in [0.5, 0.6) is 17.2 Å². The van der Waals surface area contributed by atoms with Gasteiger partial charge in [-0.3, -0.25) is 0 Å². The molecule has 0 spiro atoms. The Hall–Kier alpha value is -4.05. The molecule has 0 N–H and O–H groups in total. The van der Waals surface area contributed by atoms with Crippen LogP contribution in [0.2, 0.25) is 0 Å². The molecule has 0 radical (unpaired) electrons. The number of ether oxygens (including phenoxy) is 2. The molecule has 1 heterocycles. The second kappa shape index (κ2) is 9.21. The maximum atomic E-state index is 6.12. The van der Waals surface area contributed by atoms with E-state index in [1.54, 1.807) is 0 Å². The number of aromatic nitrogens is 2. The van der Waals surface area contributed by atoms with Crippen molar-refractivity contribution in [3.05, 3.63) is 120 Å². The number of fused-ring (bicyclic) bond motifs is 1. The van der Waals surface area contributed by atoms with Crippen LogP contribution in [0.1, 0.15) is 22.5 Å². The lowest BCUT2D eigenvalue weighted by molar-refractivity contribution is 0.292. The molecule has 164 valence electrons. The van der Waals surface area contributed by atoms with Gasteiger partial charge in [-0.15, -0.1) is 0 Å². The molecular weight excluding hydrogens is 408 g/mol. The second-order valence-corrected chi connectivity index (χ2v) is 8.25. The Morgan fingerprint density at radius 2 is 1.39 bits per heavy atom. The Labute approximate surface area is 194 Å². The van der Waals surface area contributed by atoms with E-state index in [-0.39, 0.29) is 0 Å². The number of rotatable bonds is 7. The Morgan fingerprint density at radius 1 is 0.727 bits per heavy atom. The van der Waals surface area contributed by atoms with E-state index in [0.717, 1.165) is 40.5 Å². The highest BCUT2D eigenvalue weighted by molar-refractivity contribution is 5.77. The fraction of sp³-hybridized carbons (Fsp3) is 0.138. The first-order chi connectivity index (χ1) is 16.1. The topological polar surface area (TPSA) is 36.3 Å². The zero-order valence-corrected chi connectivity index (χ0v) is 18.9. The molecule has 0 unspecified atom stereocenters. The van der Waals surface area contributed by atoms with Gasteiger partial charge < -0.3 is 14.0 Å². The molecule has 5 aromatic rings. The van der Waals surface area contributed by atoms with Gasteiger partial charge in [-0.2, -0.15) is 0 Å². The number of hydrogen-bond acceptors (Lipinski definition) is 3. The predicted octanol–water partition coefficient (Wildman–Crippen LogP) is 6.84. The van der Waals surface area contributed by atoms with E-state index in [1.165, 1.54) is 16.7 Å². The smallest absolute Gasteiger partial charge is 0.147 e. The van der Waals surface area contributed by atoms with Crippen LogP contribution < -0.4 is 9.47 Å². The zero-order chi connectivity index (χ0) is 22.6. The molecular formula is C29H26N2O2. The van der Waals surface area contributed by atoms with Gasteiger partial charge in [0.1, 0.15) is 29.7 Å². The molecule has 0 aliphatic carbocycles. The monoisotopic (exact) mass is 434 g/mol. The lowest BCUT2D eigenvalue weighted by Crippen LogP contribution is -2.03. The van der Waals surface area contributed by atoms with Crippen LogP contribution in [0.25, 0.3) is 11.0 Å². The first-order valence-electron chi connectivity index (χ1n) is 11.1. The van der Waals surface area contributed by atoms with E-state index in [4.69, 9.17) is 14.5 Å². The highest BCUT2D eigenvalue weighted by Crippen LogP contribution is 2.27. The molecule has 4 aromatic carbocycles. The molecule has 5 rings (SSSR count). The maximum Gasteiger partial charge on any atom is 0.147 e. The van der Waals surface area contributed by atoms with E-state index < -0.39 is 0 Å². The van der Waals surface area contributed by atoms with Gasteiger partial charge in [0, 0.05) is 13.1 Å². The third-order valence-corrected chi connectivity index (χ3v) is 5.74. The zero-order valence-electron chi connectivity index (χ0n) is 18.9. The molecule has 0 saturated heterocycles. The molecule has 0 aliphatic rings. The molecule has 4 heteroatoms. The summed E-state index contributed by atoms with van der Waals surface area (Å²) in [5.41, 5.74) is 5.70. The Kier molecular flexibility index (Phi) is 5.81. The highest BCUT2D eigenvalue weighted by atomic mass is 16.5. The third-order valence-electron chi connectivity index (χ3n) is 5.74. The summed E-state index contributed by atoms with van der Waals surface area (Å²) in [7, 11) is 2.01. The Balaban J connectivity index is 1.28. The Bertz CT molecular complexity index is 1360. The molecule has 0 bridgehead atoms. The molecule has 33 heavy (non-hydrogen) atoms. The van der Waals surface area contributed by atoms with Crippen molar-refractivity contribution in [1.29, 1.82) is 0 Å². The summed E-state index contributed by atoms with van der Waals surface area (Å²) in [5, 5.41) is 0. The number of imidazole rings is 1. The van der Waals surface area contributed by atoms with Crippen LogP contribution >= 0.6 is 0 Å². The third kappa shape index (κ3) is 4.90. The minimum atomic E-state index is 0.410. The molecule has 0 saturated carbocycles. The summed E-state index contributed by atoms with van der Waals surface area (Å²) in [4.78, 5) is 4.73. The number of nitrogens with zero attached hydrogens (tertiary/aromatic N) is 2. The predicted molar refractivity (Wildman–Crippen MR) is 132 cm³/mol. The van der Waals surface area contributed by atoms with Crippen molar-refractivity contribution in [1.82, 2.24) is 9.55 Å². The van der Waals surface area contributed by atoms with Crippen molar-refractivity contribution in [3.8, 4) is 17.2 Å². The van der Waals surface area contributed by atoms with Crippen LogP contribution in [0.4, 0.5) is 0 Å². The maximum absolute atomic E-state index is 6.12. The van der Waals surface area contributed by atoms with Gasteiger partial charge in [0.15, 0.2) is 0 Å². The quantitative estimate of drug-likeness (QED) is 0.281. The lowest BCUT2D eigenvalue weighted by Gasteiger charge is -2.08. The van der Waals surface area contributed by atoms with Gasteiger partial charge in [-0.25, -0.2) is 4.98 Å². The lowest BCUT2D eigenvalue weighted by atomic mass is 10.1. The molecule has 1 aromatic heterocycles. The van der Waals surface area contributed by atoms with Crippen LogP contribution in [0.3, 0.4) is 0 Å². The van der Waals surface area contributed by atoms with Gasteiger partial charge in [-0.1, -0.05) is 60.2 Å². The Morgan fingerprint density at radius 3 is 2.15 bits per heavy atom. The van der Waals surface area contributed by atoms with E-state index in [9.17, 15) is 0 Å². The molecule has 4 nitrogen and oxygen atoms in total. The average molecular weight is 435 g/mol. The highest BCUT2D eigenvalue weighted by Gasteiger charge is 2.10. The van der Waals surface area contributed by atoms with E-state index >= 15 is 0 Å². The van der Waals surface area contributed by atoms with Gasteiger partial charge >= 0.3 is 0 Å². The largest absolute Gasteiger partial charge is 0.486 e. The molecule has 0 amide bonds. The van der Waals surface area contributed by atoms with Crippen molar-refractivity contribution < 1.29 is 9.47 Å².